The van der Waals surface area contributed by atoms with Gasteiger partial charge in [-0.25, -0.2) is 9.97 Å². The van der Waals surface area contributed by atoms with E-state index < -0.39 is 0 Å². The number of piperazine rings is 1. The average Bonchev–Trinajstić information content (AvgIpc) is 3.35. The smallest absolute Gasteiger partial charge is 0.138 e. The lowest BCUT2D eigenvalue weighted by atomic mass is 10.1. The third kappa shape index (κ3) is 5.69. The molecule has 3 N–H and O–H groups in total. The van der Waals surface area contributed by atoms with E-state index in [9.17, 15) is 5.11 Å². The van der Waals surface area contributed by atoms with E-state index in [0.717, 1.165) is 71.3 Å². The van der Waals surface area contributed by atoms with Crippen LogP contribution in [-0.2, 0) is 6.54 Å². The van der Waals surface area contributed by atoms with Crippen LogP contribution in [0.1, 0.15) is 17.2 Å². The van der Waals surface area contributed by atoms with Gasteiger partial charge in [-0.05, 0) is 22.8 Å². The van der Waals surface area contributed by atoms with Crippen LogP contribution in [0, 0.1) is 0 Å². The normalized spacial score (nSPS) is 15.9. The molecule has 7 nitrogen and oxygen atoms in total. The molecule has 0 amide bonds. The first-order valence-corrected chi connectivity index (χ1v) is 12.9. The minimum absolute atomic E-state index is 0.0234. The van der Waals surface area contributed by atoms with E-state index in [1.54, 1.807) is 17.7 Å². The second-order valence-corrected chi connectivity index (χ2v) is 9.91. The number of β-amino-alcohol motifs (C(OH)–C–C–N with tert-alkyl or cyclic N) is 1. The van der Waals surface area contributed by atoms with E-state index in [0.29, 0.717) is 0 Å². The van der Waals surface area contributed by atoms with Gasteiger partial charge in [0.15, 0.2) is 0 Å². The van der Waals surface area contributed by atoms with Crippen molar-refractivity contribution in [3.63, 3.8) is 0 Å². The van der Waals surface area contributed by atoms with Crippen molar-refractivity contribution in [3.8, 4) is 10.4 Å². The topological polar surface area (TPSA) is 84.8 Å². The molecule has 3 heterocycles. The fourth-order valence-corrected chi connectivity index (χ4v) is 5.55. The Balaban J connectivity index is 1.29. The highest BCUT2D eigenvalue weighted by Crippen LogP contribution is 2.36. The largest absolute Gasteiger partial charge is 0.395 e. The zero-order valence-electron chi connectivity index (χ0n) is 19.7. The zero-order valence-corrected chi connectivity index (χ0v) is 20.5. The Morgan fingerprint density at radius 1 is 0.914 bits per heavy atom. The van der Waals surface area contributed by atoms with E-state index in [4.69, 9.17) is 5.11 Å². The fraction of sp³-hybridized carbons (Fsp3) is 0.333. The van der Waals surface area contributed by atoms with Crippen molar-refractivity contribution in [2.45, 2.75) is 12.6 Å². The van der Waals surface area contributed by atoms with Gasteiger partial charge < -0.3 is 15.5 Å². The fourth-order valence-electron chi connectivity index (χ4n) is 4.54. The molecule has 4 aromatic rings. The SMILES string of the molecule is OCCN1CCN(Cc2ccc(-c3cc4c(N[C@H](CO)c5ccccc5)ncnc4s3)cc2)CC1. The molecule has 0 bridgehead atoms. The number of rotatable bonds is 9. The van der Waals surface area contributed by atoms with Crippen molar-refractivity contribution in [1.29, 1.82) is 0 Å². The number of benzene rings is 2. The summed E-state index contributed by atoms with van der Waals surface area (Å²) in [5.74, 6) is 0.734. The molecule has 35 heavy (non-hydrogen) atoms. The van der Waals surface area contributed by atoms with E-state index >= 15 is 0 Å². The Hall–Kier alpha value is -2.88. The van der Waals surface area contributed by atoms with E-state index in [2.05, 4.69) is 55.4 Å². The molecule has 1 aliphatic rings. The number of aromatic nitrogens is 2. The van der Waals surface area contributed by atoms with E-state index in [-0.39, 0.29) is 19.3 Å². The van der Waals surface area contributed by atoms with Crippen LogP contribution in [0.5, 0.6) is 0 Å². The van der Waals surface area contributed by atoms with Gasteiger partial charge in [-0.3, -0.25) is 9.80 Å². The van der Waals surface area contributed by atoms with Crippen LogP contribution >= 0.6 is 11.3 Å². The van der Waals surface area contributed by atoms with Crippen LogP contribution in [0.2, 0.25) is 0 Å². The molecule has 0 radical (unpaired) electrons. The molecule has 0 aliphatic carbocycles. The number of hydrogen-bond donors (Lipinski definition) is 3. The molecule has 1 fully saturated rings. The molecule has 5 rings (SSSR count). The molecule has 2 aromatic heterocycles. The molecule has 1 aliphatic heterocycles. The number of anilines is 1. The zero-order chi connectivity index (χ0) is 24.0. The van der Waals surface area contributed by atoms with Crippen LogP contribution in [0.4, 0.5) is 5.82 Å². The molecule has 0 saturated carbocycles. The maximum Gasteiger partial charge on any atom is 0.138 e. The van der Waals surface area contributed by atoms with Crippen LogP contribution < -0.4 is 5.32 Å². The Morgan fingerprint density at radius 2 is 1.66 bits per heavy atom. The third-order valence-electron chi connectivity index (χ3n) is 6.55. The maximum atomic E-state index is 9.96. The third-order valence-corrected chi connectivity index (χ3v) is 7.64. The van der Waals surface area contributed by atoms with Gasteiger partial charge in [0, 0.05) is 44.1 Å². The first-order chi connectivity index (χ1) is 17.2. The molecule has 8 heteroatoms. The minimum Gasteiger partial charge on any atom is -0.395 e. The maximum absolute atomic E-state index is 9.96. The summed E-state index contributed by atoms with van der Waals surface area (Å²) in [4.78, 5) is 15.8. The number of aliphatic hydroxyl groups is 2. The highest BCUT2D eigenvalue weighted by Gasteiger charge is 2.17. The quantitative estimate of drug-likeness (QED) is 0.331. The molecular weight excluding hydrogens is 458 g/mol. The molecular formula is C27H31N5O2S. The van der Waals surface area contributed by atoms with Crippen LogP contribution in [0.3, 0.4) is 0 Å². The van der Waals surface area contributed by atoms with Gasteiger partial charge in [-0.2, -0.15) is 0 Å². The van der Waals surface area contributed by atoms with Gasteiger partial charge in [-0.15, -0.1) is 11.3 Å². The average molecular weight is 490 g/mol. The summed E-state index contributed by atoms with van der Waals surface area (Å²) in [7, 11) is 0. The molecule has 0 spiro atoms. The highest BCUT2D eigenvalue weighted by molar-refractivity contribution is 7.21. The number of fused-ring (bicyclic) bond motifs is 1. The number of thiophene rings is 1. The van der Waals surface area contributed by atoms with Gasteiger partial charge in [0.25, 0.3) is 0 Å². The van der Waals surface area contributed by atoms with Crippen LogP contribution in [0.15, 0.2) is 67.0 Å². The predicted molar refractivity (Wildman–Crippen MR) is 142 cm³/mol. The summed E-state index contributed by atoms with van der Waals surface area (Å²) < 4.78 is 0. The van der Waals surface area contributed by atoms with Crippen molar-refractivity contribution in [2.75, 3.05) is 51.3 Å². The number of nitrogens with one attached hydrogen (secondary N) is 1. The van der Waals surface area contributed by atoms with E-state index in [1.165, 1.54) is 5.56 Å². The number of hydrogen-bond acceptors (Lipinski definition) is 8. The standard InChI is InChI=1S/C27H31N5O2S/c33-15-14-31-10-12-32(13-11-31)17-20-6-8-22(9-7-20)25-16-23-26(28-19-29-27(23)35-25)30-24(18-34)21-4-2-1-3-5-21/h1-9,16,19,24,33-34H,10-15,17-18H2,(H,28,29,30)/t24-/m1/s1. The molecule has 2 aromatic carbocycles. The lowest BCUT2D eigenvalue weighted by Crippen LogP contribution is -2.46. The summed E-state index contributed by atoms with van der Waals surface area (Å²) in [5, 5.41) is 23.4. The Morgan fingerprint density at radius 3 is 2.37 bits per heavy atom. The molecule has 182 valence electrons. The van der Waals surface area contributed by atoms with Gasteiger partial charge in [0.05, 0.1) is 24.6 Å². The summed E-state index contributed by atoms with van der Waals surface area (Å²) in [6.45, 7) is 6.02. The van der Waals surface area contributed by atoms with Gasteiger partial charge in [-0.1, -0.05) is 54.6 Å². The first-order valence-electron chi connectivity index (χ1n) is 12.1. The number of nitrogens with zero attached hydrogens (tertiary/aromatic N) is 4. The summed E-state index contributed by atoms with van der Waals surface area (Å²) in [6.07, 6.45) is 1.58. The van der Waals surface area contributed by atoms with Crippen molar-refractivity contribution in [1.82, 2.24) is 19.8 Å². The molecule has 1 saturated heterocycles. The van der Waals surface area contributed by atoms with Crippen molar-refractivity contribution in [2.24, 2.45) is 0 Å². The van der Waals surface area contributed by atoms with Gasteiger partial charge >= 0.3 is 0 Å². The lowest BCUT2D eigenvalue weighted by molar-refractivity contribution is 0.108. The summed E-state index contributed by atoms with van der Waals surface area (Å²) >= 11 is 1.65. The molecule has 1 atom stereocenters. The second-order valence-electron chi connectivity index (χ2n) is 8.88. The van der Waals surface area contributed by atoms with Crippen LogP contribution in [-0.4, -0.2) is 75.9 Å². The van der Waals surface area contributed by atoms with Crippen molar-refractivity contribution in [3.05, 3.63) is 78.1 Å². The van der Waals surface area contributed by atoms with Gasteiger partial charge in [0.2, 0.25) is 0 Å². The Bertz CT molecular complexity index is 1220. The van der Waals surface area contributed by atoms with E-state index in [1.807, 2.05) is 30.3 Å². The predicted octanol–water partition coefficient (Wildman–Crippen LogP) is 3.61. The Kier molecular flexibility index (Phi) is 7.66. The Labute approximate surface area is 209 Å². The van der Waals surface area contributed by atoms with Crippen molar-refractivity contribution < 1.29 is 10.2 Å². The van der Waals surface area contributed by atoms with Gasteiger partial charge in [0.1, 0.15) is 17.0 Å². The van der Waals surface area contributed by atoms with Crippen LogP contribution in [0.25, 0.3) is 20.7 Å². The summed E-state index contributed by atoms with van der Waals surface area (Å²) in [5.41, 5.74) is 3.49. The minimum atomic E-state index is -0.234. The van der Waals surface area contributed by atoms with Crippen molar-refractivity contribution >= 4 is 27.4 Å². The monoisotopic (exact) mass is 489 g/mol. The molecule has 0 unspecified atom stereocenters. The second kappa shape index (κ2) is 11.2. The highest BCUT2D eigenvalue weighted by atomic mass is 32.1. The number of aliphatic hydroxyl groups excluding tert-OH is 2. The summed E-state index contributed by atoms with van der Waals surface area (Å²) in [6, 6.07) is 20.6. The lowest BCUT2D eigenvalue weighted by Gasteiger charge is -2.34. The first kappa shape index (κ1) is 23.8.